The van der Waals surface area contributed by atoms with Crippen LogP contribution in [0.4, 0.5) is 11.6 Å². The first kappa shape index (κ1) is 13.1. The summed E-state index contributed by atoms with van der Waals surface area (Å²) in [6, 6.07) is 0.818. The fourth-order valence-corrected chi connectivity index (χ4v) is 2.28. The highest BCUT2D eigenvalue weighted by Gasteiger charge is 2.27. The third-order valence-electron chi connectivity index (χ3n) is 3.49. The Morgan fingerprint density at radius 2 is 2.17 bits per heavy atom. The van der Waals surface area contributed by atoms with Crippen LogP contribution in [-0.2, 0) is 6.42 Å². The van der Waals surface area contributed by atoms with Gasteiger partial charge >= 0.3 is 0 Å². The average Bonchev–Trinajstić information content (AvgIpc) is 3.19. The largest absolute Gasteiger partial charge is 0.383 e. The molecule has 1 aromatic heterocycles. The number of nitrogens with one attached hydrogen (secondary N) is 1. The summed E-state index contributed by atoms with van der Waals surface area (Å²) in [5.41, 5.74) is 6.87. The van der Waals surface area contributed by atoms with Gasteiger partial charge in [0.25, 0.3) is 0 Å². The third kappa shape index (κ3) is 3.10. The molecule has 3 N–H and O–H groups in total. The minimum Gasteiger partial charge on any atom is -0.383 e. The fourth-order valence-electron chi connectivity index (χ4n) is 2.28. The van der Waals surface area contributed by atoms with Crippen LogP contribution in [0.3, 0.4) is 0 Å². The summed E-state index contributed by atoms with van der Waals surface area (Å²) < 4.78 is 0. The van der Waals surface area contributed by atoms with E-state index in [-0.39, 0.29) is 0 Å². The zero-order chi connectivity index (χ0) is 13.0. The second-order valence-corrected chi connectivity index (χ2v) is 4.73. The number of nitrogens with two attached hydrogens (primary N) is 1. The highest BCUT2D eigenvalue weighted by Crippen LogP contribution is 2.26. The molecule has 5 nitrogen and oxygen atoms in total. The normalized spacial score (nSPS) is 15.1. The van der Waals surface area contributed by atoms with Crippen LogP contribution in [-0.4, -0.2) is 40.5 Å². The van der Waals surface area contributed by atoms with Crippen LogP contribution >= 0.6 is 0 Å². The molecular formula is C13H23N5. The third-order valence-corrected chi connectivity index (χ3v) is 3.49. The number of hydrogen-bond donors (Lipinski definition) is 2. The standard InChI is InChI=1S/C13H23N5/c1-3-11-12(14)16-9-17-13(11)15-7-8-18(4-2)10-5-6-10/h9-10H,3-8H2,1-2H3,(H3,14,15,16,17). The Hall–Kier alpha value is -1.36. The molecule has 5 heteroatoms. The van der Waals surface area contributed by atoms with E-state index in [0.717, 1.165) is 43.5 Å². The lowest BCUT2D eigenvalue weighted by Crippen LogP contribution is -2.31. The molecule has 0 spiro atoms. The van der Waals surface area contributed by atoms with Crippen molar-refractivity contribution in [2.75, 3.05) is 30.7 Å². The number of rotatable bonds is 7. The summed E-state index contributed by atoms with van der Waals surface area (Å²) in [6.45, 7) is 7.39. The molecular weight excluding hydrogens is 226 g/mol. The lowest BCUT2D eigenvalue weighted by molar-refractivity contribution is 0.289. The van der Waals surface area contributed by atoms with Crippen LogP contribution < -0.4 is 11.1 Å². The van der Waals surface area contributed by atoms with Crippen molar-refractivity contribution < 1.29 is 0 Å². The van der Waals surface area contributed by atoms with E-state index in [1.807, 2.05) is 0 Å². The monoisotopic (exact) mass is 249 g/mol. The number of hydrogen-bond acceptors (Lipinski definition) is 5. The average molecular weight is 249 g/mol. The number of nitrogen functional groups attached to an aromatic ring is 1. The molecule has 0 aliphatic heterocycles. The molecule has 0 saturated heterocycles. The van der Waals surface area contributed by atoms with Crippen LogP contribution in [0.25, 0.3) is 0 Å². The Morgan fingerprint density at radius 3 is 2.78 bits per heavy atom. The predicted octanol–water partition coefficient (Wildman–Crippen LogP) is 1.52. The predicted molar refractivity (Wildman–Crippen MR) is 74.6 cm³/mol. The summed E-state index contributed by atoms with van der Waals surface area (Å²) >= 11 is 0. The molecule has 0 radical (unpaired) electrons. The zero-order valence-corrected chi connectivity index (χ0v) is 11.3. The Labute approximate surface area is 109 Å². The molecule has 2 rings (SSSR count). The second kappa shape index (κ2) is 6.00. The number of likely N-dealkylation sites (N-methyl/N-ethyl adjacent to an activating group) is 1. The molecule has 1 saturated carbocycles. The Kier molecular flexibility index (Phi) is 4.36. The van der Waals surface area contributed by atoms with Gasteiger partial charge < -0.3 is 11.1 Å². The van der Waals surface area contributed by atoms with E-state index >= 15 is 0 Å². The molecule has 1 heterocycles. The maximum Gasteiger partial charge on any atom is 0.134 e. The summed E-state index contributed by atoms with van der Waals surface area (Å²) in [5, 5.41) is 3.38. The van der Waals surface area contributed by atoms with E-state index < -0.39 is 0 Å². The minimum atomic E-state index is 0.588. The van der Waals surface area contributed by atoms with E-state index in [9.17, 15) is 0 Å². The molecule has 1 aliphatic rings. The van der Waals surface area contributed by atoms with Crippen molar-refractivity contribution in [2.45, 2.75) is 39.2 Å². The van der Waals surface area contributed by atoms with Gasteiger partial charge in [-0.2, -0.15) is 0 Å². The molecule has 0 amide bonds. The van der Waals surface area contributed by atoms with Gasteiger partial charge in [-0.1, -0.05) is 13.8 Å². The number of aromatic nitrogens is 2. The first-order chi connectivity index (χ1) is 8.76. The van der Waals surface area contributed by atoms with Gasteiger partial charge in [0.05, 0.1) is 0 Å². The number of nitrogens with zero attached hydrogens (tertiary/aromatic N) is 3. The highest BCUT2D eigenvalue weighted by atomic mass is 15.2. The van der Waals surface area contributed by atoms with Crippen molar-refractivity contribution in [2.24, 2.45) is 0 Å². The molecule has 0 bridgehead atoms. The topological polar surface area (TPSA) is 67.1 Å². The van der Waals surface area contributed by atoms with Crippen molar-refractivity contribution in [3.8, 4) is 0 Å². The molecule has 0 unspecified atom stereocenters. The fraction of sp³-hybridized carbons (Fsp3) is 0.692. The van der Waals surface area contributed by atoms with E-state index in [4.69, 9.17) is 5.73 Å². The van der Waals surface area contributed by atoms with Gasteiger partial charge in [0.2, 0.25) is 0 Å². The van der Waals surface area contributed by atoms with Crippen molar-refractivity contribution in [1.82, 2.24) is 14.9 Å². The highest BCUT2D eigenvalue weighted by molar-refractivity contribution is 5.54. The van der Waals surface area contributed by atoms with Crippen LogP contribution in [0.1, 0.15) is 32.3 Å². The van der Waals surface area contributed by atoms with Gasteiger partial charge in [-0.3, -0.25) is 4.90 Å². The van der Waals surface area contributed by atoms with Gasteiger partial charge in [0.15, 0.2) is 0 Å². The van der Waals surface area contributed by atoms with E-state index in [0.29, 0.717) is 5.82 Å². The maximum absolute atomic E-state index is 5.85. The summed E-state index contributed by atoms with van der Waals surface area (Å²) in [6.07, 6.45) is 5.09. The van der Waals surface area contributed by atoms with Gasteiger partial charge in [-0.05, 0) is 25.8 Å². The smallest absolute Gasteiger partial charge is 0.134 e. The van der Waals surface area contributed by atoms with Crippen molar-refractivity contribution in [3.63, 3.8) is 0 Å². The van der Waals surface area contributed by atoms with Crippen molar-refractivity contribution in [1.29, 1.82) is 0 Å². The molecule has 0 atom stereocenters. The molecule has 18 heavy (non-hydrogen) atoms. The van der Waals surface area contributed by atoms with Crippen LogP contribution in [0.15, 0.2) is 6.33 Å². The quantitative estimate of drug-likeness (QED) is 0.767. The first-order valence-electron chi connectivity index (χ1n) is 6.83. The van der Waals surface area contributed by atoms with Gasteiger partial charge in [-0.15, -0.1) is 0 Å². The Morgan fingerprint density at radius 1 is 1.39 bits per heavy atom. The lowest BCUT2D eigenvalue weighted by Gasteiger charge is -2.20. The number of anilines is 2. The van der Waals surface area contributed by atoms with Crippen LogP contribution in [0, 0.1) is 0 Å². The first-order valence-corrected chi connectivity index (χ1v) is 6.83. The van der Waals surface area contributed by atoms with Crippen molar-refractivity contribution in [3.05, 3.63) is 11.9 Å². The van der Waals surface area contributed by atoms with E-state index in [1.165, 1.54) is 19.2 Å². The molecule has 1 aromatic rings. The van der Waals surface area contributed by atoms with Crippen molar-refractivity contribution >= 4 is 11.6 Å². The molecule has 0 aromatic carbocycles. The maximum atomic E-state index is 5.85. The zero-order valence-electron chi connectivity index (χ0n) is 11.3. The molecule has 1 aliphatic carbocycles. The minimum absolute atomic E-state index is 0.588. The summed E-state index contributed by atoms with van der Waals surface area (Å²) in [4.78, 5) is 10.8. The van der Waals surface area contributed by atoms with Gasteiger partial charge in [-0.25, -0.2) is 9.97 Å². The van der Waals surface area contributed by atoms with Crippen LogP contribution in [0.2, 0.25) is 0 Å². The van der Waals surface area contributed by atoms with E-state index in [1.54, 1.807) is 0 Å². The van der Waals surface area contributed by atoms with Crippen LogP contribution in [0.5, 0.6) is 0 Å². The van der Waals surface area contributed by atoms with Gasteiger partial charge in [0, 0.05) is 24.7 Å². The SMILES string of the molecule is CCc1c(N)ncnc1NCCN(CC)C1CC1. The van der Waals surface area contributed by atoms with Gasteiger partial charge in [0.1, 0.15) is 18.0 Å². The van der Waals surface area contributed by atoms with E-state index in [2.05, 4.69) is 34.0 Å². The molecule has 100 valence electrons. The Bertz CT molecular complexity index is 389. The second-order valence-electron chi connectivity index (χ2n) is 4.73. The summed E-state index contributed by atoms with van der Waals surface area (Å²) in [7, 11) is 0. The summed E-state index contributed by atoms with van der Waals surface area (Å²) in [5.74, 6) is 1.47. The Balaban J connectivity index is 1.87. The molecule has 1 fully saturated rings. The lowest BCUT2D eigenvalue weighted by atomic mass is 10.2.